The van der Waals surface area contributed by atoms with Crippen molar-refractivity contribution in [3.63, 3.8) is 0 Å². The highest BCUT2D eigenvalue weighted by atomic mass is 32.2. The second-order valence-electron chi connectivity index (χ2n) is 17.5. The van der Waals surface area contributed by atoms with Gasteiger partial charge >= 0.3 is 12.2 Å². The molecule has 2 aliphatic carbocycles. The highest BCUT2D eigenvalue weighted by molar-refractivity contribution is 7.99. The fourth-order valence-corrected chi connectivity index (χ4v) is 10.2. The SMILES string of the molecule is CC[C@H]1C[C@@]1(CC(=O)C1C[C@@H]2CN1C(=O)[C@H](C(C)(C)C)NC(=O)OCC(C)(C)C/C=C/CSc1cccc3c1CN(C3)C(=O)O2)C(=O)NS(=O)(=O)C1CC1. The summed E-state index contributed by atoms with van der Waals surface area (Å²) in [6, 6.07) is 3.82. The Labute approximate surface area is 322 Å². The lowest BCUT2D eigenvalue weighted by Crippen LogP contribution is -2.57. The van der Waals surface area contributed by atoms with Gasteiger partial charge in [-0.1, -0.05) is 72.2 Å². The third kappa shape index (κ3) is 8.77. The van der Waals surface area contributed by atoms with Gasteiger partial charge in [0.1, 0.15) is 12.1 Å². The van der Waals surface area contributed by atoms with Gasteiger partial charge in [-0.2, -0.15) is 0 Å². The molecular weight excluding hydrogens is 733 g/mol. The van der Waals surface area contributed by atoms with Crippen molar-refractivity contribution in [1.29, 1.82) is 0 Å². The van der Waals surface area contributed by atoms with E-state index >= 15 is 0 Å². The van der Waals surface area contributed by atoms with Crippen molar-refractivity contribution in [1.82, 2.24) is 19.8 Å². The van der Waals surface area contributed by atoms with Gasteiger partial charge in [0.15, 0.2) is 5.78 Å². The lowest BCUT2D eigenvalue weighted by Gasteiger charge is -2.35. The van der Waals surface area contributed by atoms with E-state index in [0.29, 0.717) is 45.2 Å². The summed E-state index contributed by atoms with van der Waals surface area (Å²) in [5.74, 6) is -1.13. The number of ether oxygens (including phenoxy) is 2. The first-order valence-electron chi connectivity index (χ1n) is 19.0. The lowest BCUT2D eigenvalue weighted by molar-refractivity contribution is -0.142. The molecule has 5 atom stereocenters. The summed E-state index contributed by atoms with van der Waals surface area (Å²) in [6.07, 6.45) is 4.24. The predicted molar refractivity (Wildman–Crippen MR) is 203 cm³/mol. The quantitative estimate of drug-likeness (QED) is 0.346. The summed E-state index contributed by atoms with van der Waals surface area (Å²) in [4.78, 5) is 73.5. The molecule has 1 aromatic rings. The Morgan fingerprint density at radius 3 is 2.50 bits per heavy atom. The number of hydrogen-bond acceptors (Lipinski definition) is 10. The Balaban J connectivity index is 1.28. The van der Waals surface area contributed by atoms with Gasteiger partial charge in [0.05, 0.1) is 36.4 Å². The molecular formula is C39H54N4O9S2. The topological polar surface area (TPSA) is 168 Å². The van der Waals surface area contributed by atoms with Crippen molar-refractivity contribution in [2.45, 2.75) is 128 Å². The molecule has 5 aliphatic rings. The molecule has 2 N–H and O–H groups in total. The molecule has 1 saturated heterocycles. The van der Waals surface area contributed by atoms with Gasteiger partial charge in [-0.05, 0) is 54.2 Å². The molecule has 2 saturated carbocycles. The number of carbonyl (C=O) groups is 5. The van der Waals surface area contributed by atoms with E-state index in [0.717, 1.165) is 21.8 Å². The number of carbonyl (C=O) groups excluding carboxylic acids is 5. The van der Waals surface area contributed by atoms with Gasteiger partial charge in [0.25, 0.3) is 0 Å². The van der Waals surface area contributed by atoms with Crippen LogP contribution in [0.15, 0.2) is 35.2 Å². The van der Waals surface area contributed by atoms with Crippen LogP contribution in [0.4, 0.5) is 9.59 Å². The van der Waals surface area contributed by atoms with Crippen LogP contribution in [-0.2, 0) is 47.0 Å². The molecule has 1 unspecified atom stereocenters. The Bertz CT molecular complexity index is 1820. The zero-order valence-electron chi connectivity index (χ0n) is 32.1. The summed E-state index contributed by atoms with van der Waals surface area (Å²) in [5.41, 5.74) is -0.328. The van der Waals surface area contributed by atoms with E-state index in [-0.39, 0.29) is 37.3 Å². The second kappa shape index (κ2) is 15.2. The van der Waals surface area contributed by atoms with Crippen LogP contribution in [0.1, 0.15) is 97.6 Å². The van der Waals surface area contributed by atoms with Gasteiger partial charge in [-0.25, -0.2) is 18.0 Å². The smallest absolute Gasteiger partial charge is 0.410 e. The molecule has 3 fully saturated rings. The summed E-state index contributed by atoms with van der Waals surface area (Å²) in [7, 11) is -3.84. The van der Waals surface area contributed by atoms with Crippen molar-refractivity contribution in [3.05, 3.63) is 41.5 Å². The summed E-state index contributed by atoms with van der Waals surface area (Å²) in [6.45, 7) is 12.0. The maximum atomic E-state index is 14.6. The Morgan fingerprint density at radius 2 is 1.83 bits per heavy atom. The van der Waals surface area contributed by atoms with Crippen LogP contribution in [0.25, 0.3) is 0 Å². The van der Waals surface area contributed by atoms with E-state index in [4.69, 9.17) is 9.47 Å². The average molecular weight is 787 g/mol. The van der Waals surface area contributed by atoms with Crippen molar-refractivity contribution in [2.75, 3.05) is 18.9 Å². The van der Waals surface area contributed by atoms with Gasteiger partial charge in [-0.3, -0.25) is 24.0 Å². The van der Waals surface area contributed by atoms with Crippen LogP contribution in [-0.4, -0.2) is 90.3 Å². The fourth-order valence-electron chi connectivity index (χ4n) is 7.82. The number of nitrogens with one attached hydrogen (secondary N) is 2. The minimum absolute atomic E-state index is 0.00506. The molecule has 1 aromatic carbocycles. The van der Waals surface area contributed by atoms with Crippen LogP contribution in [0.2, 0.25) is 0 Å². The molecule has 6 rings (SSSR count). The number of sulfonamides is 1. The predicted octanol–water partition coefficient (Wildman–Crippen LogP) is 5.31. The summed E-state index contributed by atoms with van der Waals surface area (Å²) >= 11 is 1.68. The first kappa shape index (κ1) is 40.1. The van der Waals surface area contributed by atoms with Crippen molar-refractivity contribution >= 4 is 51.6 Å². The second-order valence-corrected chi connectivity index (χ2v) is 20.5. The van der Waals surface area contributed by atoms with Crippen molar-refractivity contribution in [3.8, 4) is 0 Å². The zero-order chi connectivity index (χ0) is 39.2. The van der Waals surface area contributed by atoms with Crippen LogP contribution in [0.5, 0.6) is 0 Å². The van der Waals surface area contributed by atoms with Crippen LogP contribution in [0, 0.1) is 22.2 Å². The zero-order valence-corrected chi connectivity index (χ0v) is 33.8. The molecule has 13 nitrogen and oxygen atoms in total. The number of alkyl carbamates (subject to hydrolysis) is 1. The number of amides is 4. The average Bonchev–Trinajstić information content (AvgIpc) is 3.99. The summed E-state index contributed by atoms with van der Waals surface area (Å²) < 4.78 is 39.4. The third-order valence-electron chi connectivity index (χ3n) is 11.4. The molecule has 0 aromatic heterocycles. The van der Waals surface area contributed by atoms with E-state index in [1.165, 1.54) is 4.90 Å². The third-order valence-corrected chi connectivity index (χ3v) is 14.3. The van der Waals surface area contributed by atoms with Gasteiger partial charge in [-0.15, -0.1) is 11.8 Å². The molecule has 3 aliphatic heterocycles. The minimum Gasteiger partial charge on any atom is -0.449 e. The highest BCUT2D eigenvalue weighted by Crippen LogP contribution is 2.58. The van der Waals surface area contributed by atoms with Crippen LogP contribution >= 0.6 is 11.8 Å². The first-order valence-corrected chi connectivity index (χ1v) is 21.5. The molecule has 3 heterocycles. The number of fused-ring (bicyclic) bond motifs is 3. The largest absolute Gasteiger partial charge is 0.449 e. The highest BCUT2D eigenvalue weighted by Gasteiger charge is 2.62. The molecule has 0 spiro atoms. The normalized spacial score (nSPS) is 29.7. The standard InChI is InChI=1S/C39H54N4O9S2/c1-7-25-18-39(25,34(46)41-54(49,50)27-13-14-27)19-30(44)29-17-26-21-43(29)33(45)32(37(2,3)4)40-35(47)51-23-38(5,6)15-8-9-16-53-31-12-10-11-24-20-42(22-28(24)31)36(48)52-26/h8-12,25-27,29,32H,7,13-23H2,1-6H3,(H,40,47)(H,41,46)/b9-8+/t25-,26+,29?,32+,39-/m0/s1. The number of ketones is 1. The van der Waals surface area contributed by atoms with E-state index in [9.17, 15) is 32.4 Å². The fraction of sp³-hybridized carbons (Fsp3) is 0.667. The molecule has 4 amide bonds. The van der Waals surface area contributed by atoms with E-state index in [1.54, 1.807) is 37.4 Å². The van der Waals surface area contributed by atoms with Crippen molar-refractivity contribution < 1.29 is 41.9 Å². The maximum absolute atomic E-state index is 14.6. The molecule has 15 heteroatoms. The number of rotatable bonds is 7. The number of allylic oxidation sites excluding steroid dienone is 1. The van der Waals surface area contributed by atoms with E-state index in [2.05, 4.69) is 22.2 Å². The van der Waals surface area contributed by atoms with Crippen molar-refractivity contribution in [2.24, 2.45) is 22.2 Å². The first-order chi connectivity index (χ1) is 25.3. The lowest BCUT2D eigenvalue weighted by atomic mass is 9.85. The monoisotopic (exact) mass is 786 g/mol. The van der Waals surface area contributed by atoms with Gasteiger partial charge < -0.3 is 19.7 Å². The molecule has 296 valence electrons. The van der Waals surface area contributed by atoms with Crippen LogP contribution in [0.3, 0.4) is 0 Å². The number of thioether (sulfide) groups is 1. The number of cyclic esters (lactones) is 1. The molecule has 0 radical (unpaired) electrons. The van der Waals surface area contributed by atoms with E-state index in [1.807, 2.05) is 39.0 Å². The number of nitrogens with zero attached hydrogens (tertiary/aromatic N) is 2. The van der Waals surface area contributed by atoms with Crippen LogP contribution < -0.4 is 10.0 Å². The van der Waals surface area contributed by atoms with Gasteiger partial charge in [0.2, 0.25) is 21.8 Å². The molecule has 4 bridgehead atoms. The Hall–Kier alpha value is -3.59. The number of hydrogen-bond donors (Lipinski definition) is 2. The molecule has 54 heavy (non-hydrogen) atoms. The Kier molecular flexibility index (Phi) is 11.2. The van der Waals surface area contributed by atoms with E-state index < -0.39 is 74.1 Å². The summed E-state index contributed by atoms with van der Waals surface area (Å²) in [5, 5.41) is 2.15. The maximum Gasteiger partial charge on any atom is 0.410 e. The number of benzene rings is 1. The van der Waals surface area contributed by atoms with Gasteiger partial charge in [0, 0.05) is 35.4 Å². The minimum atomic E-state index is -3.84. The Morgan fingerprint density at radius 1 is 1.09 bits per heavy atom. The number of Topliss-reactive ketones (excluding diaryl/α,β-unsaturated/α-hetero) is 1.